The highest BCUT2D eigenvalue weighted by atomic mass is 32.1. The van der Waals surface area contributed by atoms with Gasteiger partial charge in [-0.05, 0) is 31.0 Å². The Morgan fingerprint density at radius 3 is 2.90 bits per heavy atom. The van der Waals surface area contributed by atoms with Gasteiger partial charge in [0.2, 0.25) is 5.95 Å². The van der Waals surface area contributed by atoms with Crippen molar-refractivity contribution in [2.45, 2.75) is 19.8 Å². The number of hydrogen-bond donors (Lipinski definition) is 2. The van der Waals surface area contributed by atoms with Gasteiger partial charge in [0.1, 0.15) is 9.71 Å². The van der Waals surface area contributed by atoms with E-state index in [1.54, 1.807) is 6.92 Å². The highest BCUT2D eigenvalue weighted by Crippen LogP contribution is 2.28. The van der Waals surface area contributed by atoms with Gasteiger partial charge in [-0.25, -0.2) is 9.78 Å². The lowest BCUT2D eigenvalue weighted by Gasteiger charge is -2.19. The molecule has 2 N–H and O–H groups in total. The van der Waals surface area contributed by atoms with Gasteiger partial charge in [0.05, 0.1) is 12.0 Å². The van der Waals surface area contributed by atoms with E-state index in [0.717, 1.165) is 38.2 Å². The Bertz CT molecular complexity index is 1050. The quantitative estimate of drug-likeness (QED) is 0.626. The first kappa shape index (κ1) is 19.6. The zero-order chi connectivity index (χ0) is 20.2. The molecule has 0 radical (unpaired) electrons. The van der Waals surface area contributed by atoms with Crippen LogP contribution in [0.5, 0.6) is 0 Å². The van der Waals surface area contributed by atoms with E-state index in [9.17, 15) is 9.59 Å². The number of H-pyrrole nitrogens is 1. The molecular formula is C21H24N4O3S. The van der Waals surface area contributed by atoms with E-state index in [1.807, 2.05) is 30.3 Å². The molecule has 0 aliphatic carbocycles. The molecule has 1 aromatic carbocycles. The summed E-state index contributed by atoms with van der Waals surface area (Å²) in [5, 5.41) is 3.81. The maximum Gasteiger partial charge on any atom is 0.348 e. The minimum Gasteiger partial charge on any atom is -0.461 e. The van der Waals surface area contributed by atoms with Crippen LogP contribution in [0.3, 0.4) is 0 Å². The van der Waals surface area contributed by atoms with Gasteiger partial charge in [-0.3, -0.25) is 9.78 Å². The van der Waals surface area contributed by atoms with Crippen LogP contribution in [0.2, 0.25) is 0 Å². The van der Waals surface area contributed by atoms with Crippen LogP contribution >= 0.6 is 11.3 Å². The second-order valence-electron chi connectivity index (χ2n) is 7.09. The number of carbonyl (C=O) groups is 1. The van der Waals surface area contributed by atoms with Gasteiger partial charge in [-0.1, -0.05) is 30.3 Å². The molecule has 0 saturated carbocycles. The molecule has 1 aliphatic heterocycles. The van der Waals surface area contributed by atoms with Crippen LogP contribution in [0.4, 0.5) is 5.95 Å². The Balaban J connectivity index is 1.53. The molecule has 0 unspecified atom stereocenters. The van der Waals surface area contributed by atoms with E-state index in [4.69, 9.17) is 4.74 Å². The van der Waals surface area contributed by atoms with Gasteiger partial charge in [0.15, 0.2) is 0 Å². The van der Waals surface area contributed by atoms with Gasteiger partial charge in [0, 0.05) is 26.1 Å². The first-order chi connectivity index (χ1) is 14.1. The number of aromatic amines is 1. The van der Waals surface area contributed by atoms with Crippen LogP contribution in [0.25, 0.3) is 10.2 Å². The van der Waals surface area contributed by atoms with Crippen LogP contribution < -0.4 is 15.8 Å². The van der Waals surface area contributed by atoms with Crippen molar-refractivity contribution in [1.82, 2.24) is 15.3 Å². The van der Waals surface area contributed by atoms with E-state index < -0.39 is 5.97 Å². The third kappa shape index (κ3) is 4.33. The van der Waals surface area contributed by atoms with Crippen LogP contribution in [0, 0.1) is 6.92 Å². The molecule has 152 valence electrons. The summed E-state index contributed by atoms with van der Waals surface area (Å²) >= 11 is 1.23. The molecule has 0 amide bonds. The predicted octanol–water partition coefficient (Wildman–Crippen LogP) is 2.49. The van der Waals surface area contributed by atoms with Gasteiger partial charge >= 0.3 is 5.97 Å². The molecule has 7 nitrogen and oxygen atoms in total. The smallest absolute Gasteiger partial charge is 0.348 e. The number of aromatic nitrogens is 2. The van der Waals surface area contributed by atoms with Crippen molar-refractivity contribution in [2.24, 2.45) is 0 Å². The molecule has 1 fully saturated rings. The van der Waals surface area contributed by atoms with Crippen LogP contribution in [-0.2, 0) is 11.2 Å². The van der Waals surface area contributed by atoms with Crippen molar-refractivity contribution in [3.05, 3.63) is 56.7 Å². The highest BCUT2D eigenvalue weighted by Gasteiger charge is 2.22. The Morgan fingerprint density at radius 1 is 1.24 bits per heavy atom. The molecule has 2 aromatic heterocycles. The molecule has 0 spiro atoms. The van der Waals surface area contributed by atoms with Gasteiger partial charge in [0.25, 0.3) is 5.56 Å². The number of ether oxygens (including phenoxy) is 1. The number of aryl methyl sites for hydroxylation is 1. The van der Waals surface area contributed by atoms with E-state index in [0.29, 0.717) is 39.6 Å². The maximum absolute atomic E-state index is 12.7. The summed E-state index contributed by atoms with van der Waals surface area (Å²) in [6.45, 7) is 5.50. The summed E-state index contributed by atoms with van der Waals surface area (Å²) in [5.74, 6) is 0.165. The summed E-state index contributed by atoms with van der Waals surface area (Å²) in [4.78, 5) is 35.9. The lowest BCUT2D eigenvalue weighted by atomic mass is 10.2. The second-order valence-corrected chi connectivity index (χ2v) is 8.09. The molecule has 1 aliphatic rings. The number of hydrogen-bond acceptors (Lipinski definition) is 7. The fourth-order valence-corrected chi connectivity index (χ4v) is 4.58. The summed E-state index contributed by atoms with van der Waals surface area (Å²) in [5.41, 5.74) is 1.54. The van der Waals surface area contributed by atoms with Crippen LogP contribution in [-0.4, -0.2) is 48.7 Å². The van der Waals surface area contributed by atoms with E-state index in [2.05, 4.69) is 20.2 Å². The zero-order valence-corrected chi connectivity index (χ0v) is 17.2. The van der Waals surface area contributed by atoms with E-state index >= 15 is 0 Å². The number of rotatable bonds is 5. The number of carbonyl (C=O) groups excluding carboxylic acids is 1. The summed E-state index contributed by atoms with van der Waals surface area (Å²) < 4.78 is 5.46. The number of benzene rings is 1. The number of fused-ring (bicyclic) bond motifs is 1. The Hall–Kier alpha value is -2.71. The third-order valence-electron chi connectivity index (χ3n) is 5.08. The van der Waals surface area contributed by atoms with Crippen LogP contribution in [0.15, 0.2) is 35.1 Å². The minimum absolute atomic E-state index is 0.209. The molecule has 3 heterocycles. The monoisotopic (exact) mass is 412 g/mol. The van der Waals surface area contributed by atoms with Gasteiger partial charge in [-0.2, -0.15) is 0 Å². The standard InChI is InChI=1S/C21H24N4O3S/c1-14-16-18(26)23-21(25-11-5-9-22-10-12-25)24-19(16)29-17(14)20(27)28-13-8-15-6-3-2-4-7-15/h2-4,6-7,22H,5,8-13H2,1H3,(H,23,24,26). The second kappa shape index (κ2) is 8.75. The summed E-state index contributed by atoms with van der Waals surface area (Å²) in [6, 6.07) is 9.88. The molecule has 0 bridgehead atoms. The predicted molar refractivity (Wildman–Crippen MR) is 115 cm³/mol. The van der Waals surface area contributed by atoms with Crippen molar-refractivity contribution in [2.75, 3.05) is 37.7 Å². The highest BCUT2D eigenvalue weighted by molar-refractivity contribution is 7.20. The van der Waals surface area contributed by atoms with Crippen molar-refractivity contribution in [1.29, 1.82) is 0 Å². The van der Waals surface area contributed by atoms with Crippen LogP contribution in [0.1, 0.15) is 27.2 Å². The number of esters is 1. The van der Waals surface area contributed by atoms with Crippen molar-refractivity contribution in [3.63, 3.8) is 0 Å². The lowest BCUT2D eigenvalue weighted by Crippen LogP contribution is -2.31. The Kier molecular flexibility index (Phi) is 5.92. The molecule has 3 aromatic rings. The number of nitrogens with one attached hydrogen (secondary N) is 2. The SMILES string of the molecule is Cc1c(C(=O)OCCc2ccccc2)sc2nc(N3CCCNCC3)[nH]c(=O)c12. The summed E-state index contributed by atoms with van der Waals surface area (Å²) in [6.07, 6.45) is 1.65. The van der Waals surface area contributed by atoms with Gasteiger partial charge in [-0.15, -0.1) is 11.3 Å². The number of thiophene rings is 1. The Morgan fingerprint density at radius 2 is 2.07 bits per heavy atom. The fraction of sp³-hybridized carbons (Fsp3) is 0.381. The zero-order valence-electron chi connectivity index (χ0n) is 16.4. The summed E-state index contributed by atoms with van der Waals surface area (Å²) in [7, 11) is 0. The average Bonchev–Trinajstić information content (AvgIpc) is 2.90. The normalized spacial score (nSPS) is 14.7. The average molecular weight is 413 g/mol. The molecule has 1 saturated heterocycles. The molecule has 29 heavy (non-hydrogen) atoms. The van der Waals surface area contributed by atoms with E-state index in [1.165, 1.54) is 11.3 Å². The van der Waals surface area contributed by atoms with Gasteiger partial charge < -0.3 is 15.0 Å². The molecule has 4 rings (SSSR count). The maximum atomic E-state index is 12.7. The number of nitrogens with zero attached hydrogens (tertiary/aromatic N) is 2. The third-order valence-corrected chi connectivity index (χ3v) is 6.25. The first-order valence-corrected chi connectivity index (χ1v) is 10.7. The fourth-order valence-electron chi connectivity index (χ4n) is 3.51. The van der Waals surface area contributed by atoms with Crippen molar-refractivity contribution >= 4 is 33.5 Å². The Labute approximate surface area is 172 Å². The lowest BCUT2D eigenvalue weighted by molar-refractivity contribution is 0.0514. The topological polar surface area (TPSA) is 87.3 Å². The van der Waals surface area contributed by atoms with E-state index in [-0.39, 0.29) is 5.56 Å². The van der Waals surface area contributed by atoms with Crippen molar-refractivity contribution in [3.8, 4) is 0 Å². The molecule has 8 heteroatoms. The molecule has 0 atom stereocenters. The van der Waals surface area contributed by atoms with Crippen molar-refractivity contribution < 1.29 is 9.53 Å². The minimum atomic E-state index is -0.402. The molecular weight excluding hydrogens is 388 g/mol. The first-order valence-electron chi connectivity index (χ1n) is 9.83. The largest absolute Gasteiger partial charge is 0.461 e. The number of anilines is 1.